The van der Waals surface area contributed by atoms with E-state index in [-0.39, 0.29) is 46.6 Å². The number of ether oxygens (including phenoxy) is 1. The standard InChI is InChI=1S/C36H33F5N6O3/c37-23-14-21(15-24(38)18-23)16-31(33-26(8-5-13-45-33)22-10-11-29(39)28(17-22)35(43)49)47-32(48)19-46-34(27-7-1-2-9-30(27)42)36(40,41)50-20-25-6-3-4-12-44-25/h3-6,8,10-15,17-18,31,42,46H,1-2,7,9,16,19-20H2,(H2,43,49)(H,47,48)/p+1/b34-27-,42-30?/t31-/m0/s1. The van der Waals surface area contributed by atoms with Crippen LogP contribution in [0.5, 0.6) is 0 Å². The van der Waals surface area contributed by atoms with E-state index in [2.05, 4.69) is 15.3 Å². The Balaban J connectivity index is 1.45. The van der Waals surface area contributed by atoms with Crippen LogP contribution in [0.15, 0.2) is 90.4 Å². The van der Waals surface area contributed by atoms with E-state index in [4.69, 9.17) is 15.9 Å². The van der Waals surface area contributed by atoms with Crippen LogP contribution in [0.2, 0.25) is 0 Å². The lowest BCUT2D eigenvalue weighted by Gasteiger charge is -2.24. The molecule has 4 aromatic rings. The zero-order valence-electron chi connectivity index (χ0n) is 26.7. The first kappa shape index (κ1) is 36.0. The minimum absolute atomic E-state index is 0.0304. The minimum atomic E-state index is -3.87. The van der Waals surface area contributed by atoms with Crippen molar-refractivity contribution in [1.29, 1.82) is 5.41 Å². The fraction of sp³-hybridized carbons (Fsp3) is 0.250. The number of primary amides is 1. The number of aromatic nitrogens is 2. The van der Waals surface area contributed by atoms with Gasteiger partial charge in [0.1, 0.15) is 17.5 Å². The third-order valence-electron chi connectivity index (χ3n) is 8.13. The summed E-state index contributed by atoms with van der Waals surface area (Å²) >= 11 is 0. The second-order valence-corrected chi connectivity index (χ2v) is 11.7. The lowest BCUT2D eigenvalue weighted by molar-refractivity contribution is -0.620. The Kier molecular flexibility index (Phi) is 11.4. The molecule has 0 unspecified atom stereocenters. The van der Waals surface area contributed by atoms with Crippen LogP contribution in [0.4, 0.5) is 22.0 Å². The van der Waals surface area contributed by atoms with Crippen LogP contribution in [0.3, 0.4) is 0 Å². The number of amides is 2. The summed E-state index contributed by atoms with van der Waals surface area (Å²) in [6.45, 7) is -1.10. The molecule has 260 valence electrons. The Hall–Kier alpha value is -5.34. The molecule has 9 nitrogen and oxygen atoms in total. The molecule has 2 aromatic carbocycles. The third kappa shape index (κ3) is 9.01. The van der Waals surface area contributed by atoms with E-state index in [1.54, 1.807) is 24.3 Å². The maximum Gasteiger partial charge on any atom is 0.432 e. The molecule has 0 aliphatic heterocycles. The molecule has 50 heavy (non-hydrogen) atoms. The van der Waals surface area contributed by atoms with Gasteiger partial charge in [0, 0.05) is 35.3 Å². The van der Waals surface area contributed by atoms with Crippen molar-refractivity contribution in [3.05, 3.63) is 130 Å². The molecule has 0 bridgehead atoms. The zero-order chi connectivity index (χ0) is 35.8. The number of carbonyl (C=O) groups is 2. The van der Waals surface area contributed by atoms with Gasteiger partial charge < -0.3 is 26.5 Å². The van der Waals surface area contributed by atoms with Crippen LogP contribution in [0.1, 0.15) is 59.0 Å². The molecule has 1 aliphatic carbocycles. The average Bonchev–Trinajstić information content (AvgIpc) is 3.08. The predicted molar refractivity (Wildman–Crippen MR) is 173 cm³/mol. The maximum atomic E-state index is 15.7. The van der Waals surface area contributed by atoms with Crippen molar-refractivity contribution in [2.24, 2.45) is 5.73 Å². The zero-order valence-corrected chi connectivity index (χ0v) is 26.7. The molecule has 1 atom stereocenters. The molecule has 0 spiro atoms. The Morgan fingerprint density at radius 2 is 1.70 bits per heavy atom. The fourth-order valence-corrected chi connectivity index (χ4v) is 5.80. The summed E-state index contributed by atoms with van der Waals surface area (Å²) in [6, 6.07) is 13.4. The Morgan fingerprint density at radius 3 is 2.40 bits per heavy atom. The summed E-state index contributed by atoms with van der Waals surface area (Å²) < 4.78 is 79.2. The van der Waals surface area contributed by atoms with Gasteiger partial charge in [0.15, 0.2) is 6.54 Å². The smallest absolute Gasteiger partial charge is 0.366 e. The number of rotatable bonds is 13. The molecule has 0 saturated heterocycles. The third-order valence-corrected chi connectivity index (χ3v) is 8.13. The molecule has 2 aromatic heterocycles. The van der Waals surface area contributed by atoms with Gasteiger partial charge in [-0.3, -0.25) is 19.6 Å². The molecule has 0 radical (unpaired) electrons. The molecule has 2 heterocycles. The van der Waals surface area contributed by atoms with E-state index >= 15 is 8.78 Å². The van der Waals surface area contributed by atoms with Crippen LogP contribution in [-0.4, -0.2) is 40.1 Å². The first-order chi connectivity index (χ1) is 23.9. The highest BCUT2D eigenvalue weighted by Gasteiger charge is 2.44. The van der Waals surface area contributed by atoms with E-state index in [1.165, 1.54) is 30.6 Å². The van der Waals surface area contributed by atoms with E-state index in [0.29, 0.717) is 36.5 Å². The Morgan fingerprint density at radius 1 is 0.960 bits per heavy atom. The van der Waals surface area contributed by atoms with E-state index in [1.807, 2.05) is 0 Å². The summed E-state index contributed by atoms with van der Waals surface area (Å²) in [5, 5.41) is 12.2. The highest BCUT2D eigenvalue weighted by molar-refractivity contribution is 5.98. The molecule has 5 rings (SSSR count). The normalized spacial score (nSPS) is 15.0. The number of hydrogen-bond acceptors (Lipinski definition) is 6. The number of allylic oxidation sites excluding steroid dienone is 1. The summed E-state index contributed by atoms with van der Waals surface area (Å²) in [5.74, 6) is -4.32. The summed E-state index contributed by atoms with van der Waals surface area (Å²) in [4.78, 5) is 33.9. The van der Waals surface area contributed by atoms with Gasteiger partial charge in [0.25, 0.3) is 11.8 Å². The number of nitrogens with one attached hydrogen (secondary N) is 2. The van der Waals surface area contributed by atoms with E-state index in [0.717, 1.165) is 23.5 Å². The van der Waals surface area contributed by atoms with Crippen molar-refractivity contribution in [2.75, 3.05) is 6.54 Å². The molecule has 2 amide bonds. The highest BCUT2D eigenvalue weighted by Crippen LogP contribution is 2.32. The Bertz CT molecular complexity index is 1900. The summed E-state index contributed by atoms with van der Waals surface area (Å²) in [5.41, 5.74) is 5.74. The maximum absolute atomic E-state index is 15.7. The molecule has 1 saturated carbocycles. The number of quaternary nitrogens is 1. The molecule has 14 heteroatoms. The van der Waals surface area contributed by atoms with Crippen LogP contribution in [0, 0.1) is 22.9 Å². The molecular weight excluding hydrogens is 659 g/mol. The topological polar surface area (TPSA) is 148 Å². The van der Waals surface area contributed by atoms with Gasteiger partial charge in [0.2, 0.25) is 5.70 Å². The quantitative estimate of drug-likeness (QED) is 0.141. The van der Waals surface area contributed by atoms with Crippen LogP contribution < -0.4 is 16.4 Å². The first-order valence-corrected chi connectivity index (χ1v) is 15.8. The average molecular weight is 694 g/mol. The molecule has 6 N–H and O–H groups in total. The number of halogens is 5. The molecular formula is C36H34F5N6O3+. The van der Waals surface area contributed by atoms with Crippen molar-refractivity contribution >= 4 is 17.5 Å². The van der Waals surface area contributed by atoms with Crippen LogP contribution in [0.25, 0.3) is 11.1 Å². The lowest BCUT2D eigenvalue weighted by Crippen LogP contribution is -2.88. The van der Waals surface area contributed by atoms with Crippen molar-refractivity contribution in [3.8, 4) is 11.1 Å². The first-order valence-electron chi connectivity index (χ1n) is 15.8. The summed E-state index contributed by atoms with van der Waals surface area (Å²) in [6.07, 6.45) is 0.534. The second kappa shape index (κ2) is 15.9. The monoisotopic (exact) mass is 693 g/mol. The van der Waals surface area contributed by atoms with Gasteiger partial charge in [-0.25, -0.2) is 13.2 Å². The number of benzene rings is 2. The Labute approximate surface area is 284 Å². The SMILES string of the molecule is N=C1CCCC/C1=C(/[NH2+]CC(=O)N[C@@H](Cc1cc(F)cc(F)c1)c1ncccc1-c1ccc(F)c(C(N)=O)c1)C(F)(F)OCc1ccccn1. The number of pyridine rings is 2. The van der Waals surface area contributed by atoms with E-state index in [9.17, 15) is 22.8 Å². The lowest BCUT2D eigenvalue weighted by atomic mass is 9.91. The summed E-state index contributed by atoms with van der Waals surface area (Å²) in [7, 11) is 0. The van der Waals surface area contributed by atoms with Gasteiger partial charge in [0.05, 0.1) is 29.6 Å². The van der Waals surface area contributed by atoms with E-state index < -0.39 is 60.3 Å². The highest BCUT2D eigenvalue weighted by atomic mass is 19.3. The van der Waals surface area contributed by atoms with Gasteiger partial charge in [-0.05, 0) is 85.7 Å². The predicted octanol–water partition coefficient (Wildman–Crippen LogP) is 5.28. The van der Waals surface area contributed by atoms with Crippen molar-refractivity contribution in [2.45, 2.75) is 50.9 Å². The molecule has 1 aliphatic rings. The van der Waals surface area contributed by atoms with Gasteiger partial charge in [-0.1, -0.05) is 18.2 Å². The number of carbonyl (C=O) groups excluding carboxylic acids is 2. The van der Waals surface area contributed by atoms with Crippen molar-refractivity contribution in [3.63, 3.8) is 0 Å². The van der Waals surface area contributed by atoms with Crippen LogP contribution >= 0.6 is 0 Å². The second-order valence-electron chi connectivity index (χ2n) is 11.7. The van der Waals surface area contributed by atoms with Gasteiger partial charge >= 0.3 is 6.11 Å². The number of nitrogens with two attached hydrogens (primary N) is 2. The minimum Gasteiger partial charge on any atom is -0.366 e. The van der Waals surface area contributed by atoms with Crippen LogP contribution in [-0.2, 0) is 22.6 Å². The van der Waals surface area contributed by atoms with Crippen molar-refractivity contribution < 1.29 is 41.6 Å². The number of alkyl halides is 2. The molecule has 1 fully saturated rings. The largest absolute Gasteiger partial charge is 0.432 e. The number of nitrogens with zero attached hydrogens (tertiary/aromatic N) is 2. The fourth-order valence-electron chi connectivity index (χ4n) is 5.80. The van der Waals surface area contributed by atoms with Crippen molar-refractivity contribution in [1.82, 2.24) is 15.3 Å². The van der Waals surface area contributed by atoms with Gasteiger partial charge in [-0.2, -0.15) is 8.78 Å². The van der Waals surface area contributed by atoms with Gasteiger partial charge in [-0.15, -0.1) is 0 Å². The number of hydrogen-bond donors (Lipinski definition) is 4.